The van der Waals surface area contributed by atoms with E-state index in [2.05, 4.69) is 68.2 Å². The van der Waals surface area contributed by atoms with Crippen molar-refractivity contribution in [2.75, 3.05) is 13.1 Å². The van der Waals surface area contributed by atoms with Crippen molar-refractivity contribution in [3.8, 4) is 33.6 Å². The number of hydrogen-bond donors (Lipinski definition) is 4. The molecule has 2 atom stereocenters. The zero-order chi connectivity index (χ0) is 25.8. The van der Waals surface area contributed by atoms with Crippen molar-refractivity contribution in [1.29, 1.82) is 0 Å². The Morgan fingerprint density at radius 3 is 1.82 bits per heavy atom. The van der Waals surface area contributed by atoms with E-state index in [0.717, 1.165) is 36.9 Å². The van der Waals surface area contributed by atoms with E-state index in [0.29, 0.717) is 17.5 Å². The molecule has 3 fully saturated rings. The summed E-state index contributed by atoms with van der Waals surface area (Å²) in [4.78, 5) is 16.7. The van der Waals surface area contributed by atoms with E-state index in [9.17, 15) is 0 Å². The van der Waals surface area contributed by atoms with Crippen LogP contribution in [0.5, 0.6) is 0 Å². The van der Waals surface area contributed by atoms with Crippen LogP contribution in [0.15, 0.2) is 48.8 Å². The van der Waals surface area contributed by atoms with Crippen molar-refractivity contribution < 1.29 is 0 Å². The molecule has 200 valence electrons. The molecule has 0 bridgehead atoms. The number of fused-ring (bicyclic) bond motifs is 1. The molecule has 0 unspecified atom stereocenters. The minimum absolute atomic E-state index is 0.363. The third-order valence-electron chi connectivity index (χ3n) is 9.97. The molecule has 2 aliphatic carbocycles. The lowest BCUT2D eigenvalue weighted by molar-refractivity contribution is 0.318. The van der Waals surface area contributed by atoms with Gasteiger partial charge in [0.25, 0.3) is 0 Å². The fourth-order valence-corrected chi connectivity index (χ4v) is 7.89. The second-order valence-electron chi connectivity index (χ2n) is 12.4. The summed E-state index contributed by atoms with van der Waals surface area (Å²) in [5.41, 5.74) is 11.1. The van der Waals surface area contributed by atoms with Gasteiger partial charge < -0.3 is 20.6 Å². The number of hydrogen-bond acceptors (Lipinski definition) is 4. The lowest BCUT2D eigenvalue weighted by atomic mass is 9.82. The number of aromatic nitrogens is 4. The SMILES string of the molecule is c1cc(-c2ccc(-c3cnc([C@@H]4CCCN4)[nH]3)c3c2CC2(CCCC2)C3)ccc1-c1cnc([C@@H]2CCCN2)[nH]1. The maximum Gasteiger partial charge on any atom is 0.123 e. The Hall–Kier alpha value is -3.22. The Morgan fingerprint density at radius 2 is 1.18 bits per heavy atom. The molecular weight excluding hydrogens is 480 g/mol. The van der Waals surface area contributed by atoms with Crippen LogP contribution in [0, 0.1) is 5.41 Å². The first kappa shape index (κ1) is 23.6. The van der Waals surface area contributed by atoms with Crippen molar-refractivity contribution in [2.24, 2.45) is 5.41 Å². The number of nitrogens with zero attached hydrogens (tertiary/aromatic N) is 2. The highest BCUT2D eigenvalue weighted by atomic mass is 15.0. The van der Waals surface area contributed by atoms with Gasteiger partial charge in [-0.25, -0.2) is 9.97 Å². The van der Waals surface area contributed by atoms with Gasteiger partial charge in [0.15, 0.2) is 0 Å². The summed E-state index contributed by atoms with van der Waals surface area (Å²) in [6.45, 7) is 2.17. The van der Waals surface area contributed by atoms with Crippen LogP contribution in [0.4, 0.5) is 0 Å². The molecule has 4 heterocycles. The number of benzene rings is 2. The van der Waals surface area contributed by atoms with Gasteiger partial charge in [-0.2, -0.15) is 0 Å². The fourth-order valence-electron chi connectivity index (χ4n) is 7.89. The van der Waals surface area contributed by atoms with Gasteiger partial charge in [0, 0.05) is 5.56 Å². The van der Waals surface area contributed by atoms with E-state index in [1.165, 1.54) is 85.7 Å². The Morgan fingerprint density at radius 1 is 0.615 bits per heavy atom. The Labute approximate surface area is 230 Å². The summed E-state index contributed by atoms with van der Waals surface area (Å²) < 4.78 is 0. The normalized spacial score (nSPS) is 23.7. The average Bonchev–Trinajstić information content (AvgIpc) is 3.81. The van der Waals surface area contributed by atoms with Crippen LogP contribution in [0.2, 0.25) is 0 Å². The molecule has 4 aliphatic rings. The molecule has 8 rings (SSSR count). The lowest BCUT2D eigenvalue weighted by Crippen LogP contribution is -2.15. The number of imidazole rings is 2. The van der Waals surface area contributed by atoms with E-state index in [1.807, 2.05) is 6.20 Å². The van der Waals surface area contributed by atoms with Gasteiger partial charge in [-0.3, -0.25) is 0 Å². The molecule has 2 aromatic carbocycles. The van der Waals surface area contributed by atoms with Crippen LogP contribution in [-0.4, -0.2) is 33.0 Å². The fraction of sp³-hybridized carbons (Fsp3) is 0.455. The largest absolute Gasteiger partial charge is 0.341 e. The van der Waals surface area contributed by atoms with Crippen molar-refractivity contribution >= 4 is 0 Å². The highest BCUT2D eigenvalue weighted by Gasteiger charge is 2.41. The van der Waals surface area contributed by atoms with Gasteiger partial charge >= 0.3 is 0 Å². The minimum Gasteiger partial charge on any atom is -0.341 e. The molecule has 2 saturated heterocycles. The monoisotopic (exact) mass is 518 g/mol. The molecule has 1 saturated carbocycles. The molecule has 0 amide bonds. The van der Waals surface area contributed by atoms with Crippen molar-refractivity contribution in [3.05, 3.63) is 71.6 Å². The number of aromatic amines is 2. The van der Waals surface area contributed by atoms with Crippen molar-refractivity contribution in [2.45, 2.75) is 76.3 Å². The van der Waals surface area contributed by atoms with Crippen molar-refractivity contribution in [1.82, 2.24) is 30.6 Å². The smallest absolute Gasteiger partial charge is 0.123 e. The summed E-state index contributed by atoms with van der Waals surface area (Å²) in [6.07, 6.45) is 16.7. The molecule has 6 heteroatoms. The molecule has 0 radical (unpaired) electrons. The first-order chi connectivity index (χ1) is 19.2. The Kier molecular flexibility index (Phi) is 5.73. The molecule has 2 aliphatic heterocycles. The van der Waals surface area contributed by atoms with Crippen LogP contribution >= 0.6 is 0 Å². The quantitative estimate of drug-likeness (QED) is 0.239. The number of rotatable bonds is 5. The topological polar surface area (TPSA) is 81.4 Å². The maximum absolute atomic E-state index is 4.80. The van der Waals surface area contributed by atoms with Crippen LogP contribution in [-0.2, 0) is 12.8 Å². The third-order valence-corrected chi connectivity index (χ3v) is 9.97. The van der Waals surface area contributed by atoms with Gasteiger partial charge in [0.1, 0.15) is 11.6 Å². The van der Waals surface area contributed by atoms with Crippen LogP contribution in [0.1, 0.15) is 86.2 Å². The zero-order valence-corrected chi connectivity index (χ0v) is 22.7. The highest BCUT2D eigenvalue weighted by molar-refractivity contribution is 5.78. The maximum atomic E-state index is 4.80. The van der Waals surface area contributed by atoms with Gasteiger partial charge in [0.2, 0.25) is 0 Å². The Balaban J connectivity index is 1.13. The predicted molar refractivity (Wildman–Crippen MR) is 155 cm³/mol. The van der Waals surface area contributed by atoms with E-state index >= 15 is 0 Å². The molecule has 1 spiro atoms. The Bertz CT molecular complexity index is 1480. The van der Waals surface area contributed by atoms with E-state index < -0.39 is 0 Å². The van der Waals surface area contributed by atoms with E-state index in [1.54, 1.807) is 11.1 Å². The zero-order valence-electron chi connectivity index (χ0n) is 22.7. The van der Waals surface area contributed by atoms with Gasteiger partial charge in [0.05, 0.1) is 35.9 Å². The minimum atomic E-state index is 0.363. The van der Waals surface area contributed by atoms with Crippen molar-refractivity contribution in [3.63, 3.8) is 0 Å². The highest BCUT2D eigenvalue weighted by Crippen LogP contribution is 2.53. The van der Waals surface area contributed by atoms with Crippen LogP contribution in [0.3, 0.4) is 0 Å². The third kappa shape index (κ3) is 4.16. The predicted octanol–water partition coefficient (Wildman–Crippen LogP) is 6.64. The summed E-state index contributed by atoms with van der Waals surface area (Å²) in [5.74, 6) is 2.16. The second kappa shape index (κ2) is 9.46. The molecule has 6 nitrogen and oxygen atoms in total. The molecule has 4 N–H and O–H groups in total. The standard InChI is InChI=1S/C33H38N6/c1-2-14-33(13-1)17-25-23(11-12-24(26(25)18-33)30-20-37-32(39-30)28-6-4-16-35-28)21-7-9-22(10-8-21)29-19-36-31(38-29)27-5-3-15-34-27/h7-12,19-20,27-28,34-35H,1-6,13-18H2,(H,36,38)(H,37,39)/t27-,28-/m0/s1. The van der Waals surface area contributed by atoms with Gasteiger partial charge in [-0.15, -0.1) is 0 Å². The first-order valence-corrected chi connectivity index (χ1v) is 15.1. The average molecular weight is 519 g/mol. The summed E-state index contributed by atoms with van der Waals surface area (Å²) >= 11 is 0. The summed E-state index contributed by atoms with van der Waals surface area (Å²) in [5, 5.41) is 7.13. The van der Waals surface area contributed by atoms with Gasteiger partial charge in [-0.1, -0.05) is 49.2 Å². The first-order valence-electron chi connectivity index (χ1n) is 15.1. The molecule has 4 aromatic rings. The lowest BCUT2D eigenvalue weighted by Gasteiger charge is -2.22. The second-order valence-corrected chi connectivity index (χ2v) is 12.4. The summed E-state index contributed by atoms with van der Waals surface area (Å²) in [6, 6.07) is 14.6. The molecule has 39 heavy (non-hydrogen) atoms. The summed E-state index contributed by atoms with van der Waals surface area (Å²) in [7, 11) is 0. The molecular formula is C33H38N6. The van der Waals surface area contributed by atoms with E-state index in [4.69, 9.17) is 4.98 Å². The van der Waals surface area contributed by atoms with E-state index in [-0.39, 0.29) is 0 Å². The number of nitrogens with one attached hydrogen (secondary N) is 4. The van der Waals surface area contributed by atoms with Crippen LogP contribution in [0.25, 0.3) is 33.6 Å². The number of H-pyrrole nitrogens is 2. The van der Waals surface area contributed by atoms with Crippen LogP contribution < -0.4 is 10.6 Å². The molecule has 2 aromatic heterocycles. The van der Waals surface area contributed by atoms with Gasteiger partial charge in [-0.05, 0) is 97.7 Å².